The molecule has 1 aromatic rings. The molecule has 1 heterocycles. The van der Waals surface area contributed by atoms with E-state index in [4.69, 9.17) is 19.3 Å². The van der Waals surface area contributed by atoms with Gasteiger partial charge in [0.05, 0.1) is 33.1 Å². The molecule has 2 aliphatic carbocycles. The van der Waals surface area contributed by atoms with Crippen molar-refractivity contribution >= 4 is 11.6 Å². The van der Waals surface area contributed by atoms with Crippen molar-refractivity contribution in [1.82, 2.24) is 5.01 Å². The van der Waals surface area contributed by atoms with Crippen molar-refractivity contribution in [3.63, 3.8) is 0 Å². The van der Waals surface area contributed by atoms with Crippen LogP contribution in [-0.2, 0) is 9.53 Å². The lowest BCUT2D eigenvalue weighted by molar-refractivity contribution is -0.129. The summed E-state index contributed by atoms with van der Waals surface area (Å²) in [6.07, 6.45) is 13.1. The number of methoxy groups -OCH3 is 3. The zero-order chi connectivity index (χ0) is 21.3. The Morgan fingerprint density at radius 1 is 1.07 bits per heavy atom. The van der Waals surface area contributed by atoms with Crippen LogP contribution in [0.2, 0.25) is 0 Å². The zero-order valence-corrected chi connectivity index (χ0v) is 17.7. The van der Waals surface area contributed by atoms with Gasteiger partial charge in [-0.1, -0.05) is 30.4 Å². The number of hydrogen-bond donors (Lipinski definition) is 0. The number of rotatable bonds is 5. The SMILES string of the molecule is COC1=CC=CC2C=CC=C(C3CC(c4ccc(OC)cc4OC)=NN3C(C)=O)C12. The molecule has 6 nitrogen and oxygen atoms in total. The highest BCUT2D eigenvalue weighted by Gasteiger charge is 2.40. The van der Waals surface area contributed by atoms with Crippen LogP contribution in [0.25, 0.3) is 0 Å². The van der Waals surface area contributed by atoms with Crippen molar-refractivity contribution in [3.8, 4) is 11.5 Å². The molecule has 0 saturated carbocycles. The van der Waals surface area contributed by atoms with Crippen LogP contribution in [0.15, 0.2) is 71.1 Å². The molecule has 3 unspecified atom stereocenters. The number of hydrazone groups is 1. The van der Waals surface area contributed by atoms with Crippen molar-refractivity contribution < 1.29 is 19.0 Å². The van der Waals surface area contributed by atoms with Crippen molar-refractivity contribution in [2.24, 2.45) is 16.9 Å². The van der Waals surface area contributed by atoms with Crippen molar-refractivity contribution in [3.05, 3.63) is 71.6 Å². The van der Waals surface area contributed by atoms with Crippen molar-refractivity contribution in [2.45, 2.75) is 19.4 Å². The Morgan fingerprint density at radius 2 is 1.83 bits per heavy atom. The number of ether oxygens (including phenoxy) is 3. The predicted molar refractivity (Wildman–Crippen MR) is 115 cm³/mol. The van der Waals surface area contributed by atoms with Gasteiger partial charge in [0.25, 0.3) is 0 Å². The molecule has 0 radical (unpaired) electrons. The lowest BCUT2D eigenvalue weighted by Crippen LogP contribution is -2.37. The average molecular weight is 406 g/mol. The number of amides is 1. The molecular formula is C24H26N2O4. The van der Waals surface area contributed by atoms with Gasteiger partial charge in [-0.05, 0) is 23.8 Å². The standard InChI is InChI=1S/C24H26N2O4/c1-15(27)26-21(19-9-5-7-16-8-6-10-22(29-3)24(16)19)14-20(25-26)18-12-11-17(28-2)13-23(18)30-4/h5-13,16,21,24H,14H2,1-4H3. The first-order chi connectivity index (χ1) is 14.6. The molecule has 0 bridgehead atoms. The van der Waals surface area contributed by atoms with E-state index in [0.717, 1.165) is 22.6 Å². The van der Waals surface area contributed by atoms with Gasteiger partial charge >= 0.3 is 0 Å². The Balaban J connectivity index is 1.70. The second kappa shape index (κ2) is 8.22. The van der Waals surface area contributed by atoms with Crippen LogP contribution in [0.4, 0.5) is 0 Å². The lowest BCUT2D eigenvalue weighted by Gasteiger charge is -2.35. The molecule has 0 spiro atoms. The lowest BCUT2D eigenvalue weighted by atomic mass is 9.74. The molecule has 0 fully saturated rings. The Kier molecular flexibility index (Phi) is 5.48. The van der Waals surface area contributed by atoms with Gasteiger partial charge in [-0.2, -0.15) is 5.10 Å². The molecular weight excluding hydrogens is 380 g/mol. The quantitative estimate of drug-likeness (QED) is 0.745. The molecule has 4 rings (SSSR count). The number of carbonyl (C=O) groups is 1. The largest absolute Gasteiger partial charge is 0.500 e. The summed E-state index contributed by atoms with van der Waals surface area (Å²) in [5.74, 6) is 2.45. The number of hydrogen-bond acceptors (Lipinski definition) is 5. The summed E-state index contributed by atoms with van der Waals surface area (Å²) in [6.45, 7) is 1.55. The second-order valence-corrected chi connectivity index (χ2v) is 7.46. The first-order valence-corrected chi connectivity index (χ1v) is 9.97. The van der Waals surface area contributed by atoms with E-state index in [0.29, 0.717) is 17.9 Å². The highest BCUT2D eigenvalue weighted by Crippen LogP contribution is 2.42. The maximum Gasteiger partial charge on any atom is 0.240 e. The Hall–Kier alpha value is -3.28. The van der Waals surface area contributed by atoms with E-state index in [1.807, 2.05) is 30.4 Å². The zero-order valence-electron chi connectivity index (χ0n) is 17.7. The maximum atomic E-state index is 12.5. The fraction of sp³-hybridized carbons (Fsp3) is 0.333. The van der Waals surface area contributed by atoms with E-state index < -0.39 is 0 Å². The van der Waals surface area contributed by atoms with Gasteiger partial charge < -0.3 is 14.2 Å². The average Bonchev–Trinajstić information content (AvgIpc) is 3.23. The van der Waals surface area contributed by atoms with Crippen LogP contribution in [0.3, 0.4) is 0 Å². The summed E-state index contributed by atoms with van der Waals surface area (Å²) < 4.78 is 16.6. The number of carbonyl (C=O) groups excluding carboxylic acids is 1. The van der Waals surface area contributed by atoms with E-state index in [1.165, 1.54) is 0 Å². The molecule has 30 heavy (non-hydrogen) atoms. The van der Waals surface area contributed by atoms with Gasteiger partial charge in [0.1, 0.15) is 17.3 Å². The minimum Gasteiger partial charge on any atom is -0.500 e. The molecule has 6 heteroatoms. The molecule has 1 amide bonds. The first kappa shape index (κ1) is 20.0. The minimum absolute atomic E-state index is 0.0594. The topological polar surface area (TPSA) is 60.4 Å². The molecule has 156 valence electrons. The summed E-state index contributed by atoms with van der Waals surface area (Å²) >= 11 is 0. The van der Waals surface area contributed by atoms with Crippen LogP contribution >= 0.6 is 0 Å². The monoisotopic (exact) mass is 406 g/mol. The fourth-order valence-electron chi connectivity index (χ4n) is 4.42. The van der Waals surface area contributed by atoms with Crippen LogP contribution in [0.5, 0.6) is 11.5 Å². The molecule has 0 aromatic heterocycles. The van der Waals surface area contributed by atoms with Crippen molar-refractivity contribution in [2.75, 3.05) is 21.3 Å². The van der Waals surface area contributed by atoms with E-state index in [-0.39, 0.29) is 23.8 Å². The molecule has 0 saturated heterocycles. The fourth-order valence-corrected chi connectivity index (χ4v) is 4.42. The molecule has 1 aliphatic heterocycles. The van der Waals surface area contributed by atoms with E-state index >= 15 is 0 Å². The summed E-state index contributed by atoms with van der Waals surface area (Å²) in [4.78, 5) is 12.5. The number of fused-ring (bicyclic) bond motifs is 1. The first-order valence-electron chi connectivity index (χ1n) is 9.97. The normalized spacial score (nSPS) is 24.6. The highest BCUT2D eigenvalue weighted by atomic mass is 16.5. The summed E-state index contributed by atoms with van der Waals surface area (Å²) in [5, 5.41) is 6.29. The van der Waals surface area contributed by atoms with Crippen molar-refractivity contribution in [1.29, 1.82) is 0 Å². The Bertz CT molecular complexity index is 1000. The number of nitrogens with zero attached hydrogens (tertiary/aromatic N) is 2. The summed E-state index contributed by atoms with van der Waals surface area (Å²) in [6, 6.07) is 5.47. The third-order valence-electron chi connectivity index (χ3n) is 5.84. The number of allylic oxidation sites excluding steroid dienone is 7. The van der Waals surface area contributed by atoms with E-state index in [9.17, 15) is 4.79 Å². The Labute approximate surface area is 176 Å². The van der Waals surface area contributed by atoms with Gasteiger partial charge in [-0.25, -0.2) is 5.01 Å². The number of benzene rings is 1. The van der Waals surface area contributed by atoms with Crippen LogP contribution in [0.1, 0.15) is 18.9 Å². The van der Waals surface area contributed by atoms with Gasteiger partial charge in [-0.15, -0.1) is 0 Å². The minimum atomic E-state index is -0.174. The third kappa shape index (κ3) is 3.43. The van der Waals surface area contributed by atoms with Gasteiger partial charge in [0.2, 0.25) is 5.91 Å². The van der Waals surface area contributed by atoms with E-state index in [1.54, 1.807) is 33.3 Å². The predicted octanol–water partition coefficient (Wildman–Crippen LogP) is 3.86. The van der Waals surface area contributed by atoms with Crippen LogP contribution < -0.4 is 9.47 Å². The summed E-state index contributed by atoms with van der Waals surface area (Å²) in [7, 11) is 4.94. The second-order valence-electron chi connectivity index (χ2n) is 7.46. The molecule has 0 N–H and O–H groups in total. The van der Waals surface area contributed by atoms with Gasteiger partial charge in [-0.3, -0.25) is 4.79 Å². The van der Waals surface area contributed by atoms with Crippen LogP contribution in [0, 0.1) is 11.8 Å². The third-order valence-corrected chi connectivity index (χ3v) is 5.84. The Morgan fingerprint density at radius 3 is 2.50 bits per heavy atom. The highest BCUT2D eigenvalue weighted by molar-refractivity contribution is 6.05. The summed E-state index contributed by atoms with van der Waals surface area (Å²) in [5.41, 5.74) is 2.80. The van der Waals surface area contributed by atoms with Crippen LogP contribution in [-0.4, -0.2) is 44.0 Å². The molecule has 3 aliphatic rings. The molecule has 1 aromatic carbocycles. The smallest absolute Gasteiger partial charge is 0.240 e. The maximum absolute atomic E-state index is 12.5. The van der Waals surface area contributed by atoms with E-state index in [2.05, 4.69) is 24.3 Å². The molecule has 3 atom stereocenters. The van der Waals surface area contributed by atoms with Gasteiger partial charge in [0.15, 0.2) is 0 Å². The van der Waals surface area contributed by atoms with Gasteiger partial charge in [0, 0.05) is 36.8 Å².